The molecular weight excluding hydrogens is 260 g/mol. The Kier molecular flexibility index (Phi) is 3.07. The van der Waals surface area contributed by atoms with E-state index >= 15 is 0 Å². The van der Waals surface area contributed by atoms with Crippen molar-refractivity contribution in [3.8, 4) is 0 Å². The zero-order valence-electron chi connectivity index (χ0n) is 12.9. The molecule has 112 valence electrons. The monoisotopic (exact) mass is 284 g/mol. The van der Waals surface area contributed by atoms with E-state index in [0.29, 0.717) is 6.04 Å². The Morgan fingerprint density at radius 2 is 1.90 bits per heavy atom. The van der Waals surface area contributed by atoms with Crippen LogP contribution in [-0.2, 0) is 4.79 Å². The second kappa shape index (κ2) is 4.84. The normalized spacial score (nSPS) is 38.5. The molecule has 1 aliphatic heterocycles. The molecule has 5 atom stereocenters. The molecule has 0 spiro atoms. The molecule has 21 heavy (non-hydrogen) atoms. The maximum Gasteiger partial charge on any atom is 0.241 e. The molecule has 3 fully saturated rings. The number of fused-ring (bicyclic) bond motifs is 2. The number of carbonyl (C=O) groups excluding carboxylic acids is 1. The molecule has 5 unspecified atom stereocenters. The van der Waals surface area contributed by atoms with Crippen molar-refractivity contribution in [3.05, 3.63) is 35.4 Å². The van der Waals surface area contributed by atoms with E-state index < -0.39 is 0 Å². The third-order valence-electron chi connectivity index (χ3n) is 5.76. The van der Waals surface area contributed by atoms with Crippen LogP contribution >= 0.6 is 0 Å². The van der Waals surface area contributed by atoms with Gasteiger partial charge in [-0.2, -0.15) is 0 Å². The van der Waals surface area contributed by atoms with Crippen LogP contribution in [0.25, 0.3) is 0 Å². The highest BCUT2D eigenvalue weighted by atomic mass is 16.2. The summed E-state index contributed by atoms with van der Waals surface area (Å²) in [6.07, 6.45) is 5.31. The maximum absolute atomic E-state index is 12.7. The fraction of sp³-hybridized carbons (Fsp3) is 0.611. The molecule has 0 aromatic heterocycles. The number of nitrogens with zero attached hydrogens (tertiary/aromatic N) is 1. The summed E-state index contributed by atoms with van der Waals surface area (Å²) in [5, 5.41) is 3.50. The van der Waals surface area contributed by atoms with Crippen LogP contribution in [0.15, 0.2) is 24.3 Å². The predicted octanol–water partition coefficient (Wildman–Crippen LogP) is 3.00. The first-order chi connectivity index (χ1) is 10.1. The highest BCUT2D eigenvalue weighted by molar-refractivity contribution is 5.84. The van der Waals surface area contributed by atoms with Crippen molar-refractivity contribution in [1.29, 1.82) is 0 Å². The average Bonchev–Trinajstić information content (AvgIpc) is 3.16. The van der Waals surface area contributed by atoms with Gasteiger partial charge in [-0.15, -0.1) is 0 Å². The van der Waals surface area contributed by atoms with E-state index in [2.05, 4.69) is 41.4 Å². The summed E-state index contributed by atoms with van der Waals surface area (Å²) in [7, 11) is 0. The minimum Gasteiger partial charge on any atom is -0.318 e. The van der Waals surface area contributed by atoms with Crippen molar-refractivity contribution >= 4 is 5.91 Å². The Bertz CT molecular complexity index is 553. The zero-order valence-corrected chi connectivity index (χ0v) is 12.9. The standard InChI is InChI=1S/C18H24N2O/c1-11-3-6-14(7-4-11)17-19-12(2)18(21)20(17)16-10-13-5-8-15(16)9-13/h3-4,6-7,12-13,15-17,19H,5,8-10H2,1-2H3. The van der Waals surface area contributed by atoms with Crippen molar-refractivity contribution in [3.63, 3.8) is 0 Å². The van der Waals surface area contributed by atoms with Crippen molar-refractivity contribution in [2.45, 2.75) is 57.8 Å². The van der Waals surface area contributed by atoms with Crippen LogP contribution in [0.2, 0.25) is 0 Å². The number of benzene rings is 1. The smallest absolute Gasteiger partial charge is 0.241 e. The summed E-state index contributed by atoms with van der Waals surface area (Å²) in [6.45, 7) is 4.10. The van der Waals surface area contributed by atoms with Gasteiger partial charge in [-0.05, 0) is 50.5 Å². The molecule has 2 saturated carbocycles. The van der Waals surface area contributed by atoms with Crippen molar-refractivity contribution in [2.24, 2.45) is 11.8 Å². The second-order valence-corrected chi connectivity index (χ2v) is 7.19. The molecule has 4 rings (SSSR count). The van der Waals surface area contributed by atoms with Crippen LogP contribution in [-0.4, -0.2) is 22.9 Å². The van der Waals surface area contributed by atoms with Crippen molar-refractivity contribution < 1.29 is 4.79 Å². The maximum atomic E-state index is 12.7. The van der Waals surface area contributed by atoms with E-state index in [1.807, 2.05) is 6.92 Å². The Hall–Kier alpha value is -1.35. The number of rotatable bonds is 2. The van der Waals surface area contributed by atoms with Crippen LogP contribution in [0.1, 0.15) is 49.9 Å². The van der Waals surface area contributed by atoms with E-state index in [1.165, 1.54) is 36.8 Å². The van der Waals surface area contributed by atoms with Crippen LogP contribution in [0, 0.1) is 18.8 Å². The number of aryl methyl sites for hydroxylation is 1. The number of nitrogens with one attached hydrogen (secondary N) is 1. The molecular formula is C18H24N2O. The van der Waals surface area contributed by atoms with Gasteiger partial charge in [0.15, 0.2) is 0 Å². The first kappa shape index (κ1) is 13.3. The van der Waals surface area contributed by atoms with Crippen LogP contribution in [0.4, 0.5) is 0 Å². The van der Waals surface area contributed by atoms with Gasteiger partial charge in [0.05, 0.1) is 6.04 Å². The van der Waals surface area contributed by atoms with Crippen LogP contribution in [0.5, 0.6) is 0 Å². The topological polar surface area (TPSA) is 32.3 Å². The second-order valence-electron chi connectivity index (χ2n) is 7.19. The summed E-state index contributed by atoms with van der Waals surface area (Å²) in [5.41, 5.74) is 2.49. The summed E-state index contributed by atoms with van der Waals surface area (Å²) in [6, 6.07) is 9.01. The third-order valence-corrected chi connectivity index (χ3v) is 5.76. The van der Waals surface area contributed by atoms with Gasteiger partial charge in [0, 0.05) is 6.04 Å². The zero-order chi connectivity index (χ0) is 14.6. The average molecular weight is 284 g/mol. The Labute approximate surface area is 126 Å². The summed E-state index contributed by atoms with van der Waals surface area (Å²) in [5.74, 6) is 1.89. The van der Waals surface area contributed by atoms with Gasteiger partial charge in [-0.3, -0.25) is 10.1 Å². The molecule has 3 nitrogen and oxygen atoms in total. The lowest BCUT2D eigenvalue weighted by Crippen LogP contribution is -2.43. The molecule has 1 heterocycles. The molecule has 1 aromatic rings. The fourth-order valence-corrected chi connectivity index (χ4v) is 4.65. The largest absolute Gasteiger partial charge is 0.318 e. The van der Waals surface area contributed by atoms with Crippen LogP contribution < -0.4 is 5.32 Å². The summed E-state index contributed by atoms with van der Waals surface area (Å²) in [4.78, 5) is 14.9. The Morgan fingerprint density at radius 1 is 1.14 bits per heavy atom. The molecule has 0 radical (unpaired) electrons. The number of amides is 1. The molecule has 2 bridgehead atoms. The first-order valence-corrected chi connectivity index (χ1v) is 8.28. The predicted molar refractivity (Wildman–Crippen MR) is 82.6 cm³/mol. The third kappa shape index (κ3) is 2.10. The fourth-order valence-electron chi connectivity index (χ4n) is 4.65. The van der Waals surface area contributed by atoms with Gasteiger partial charge >= 0.3 is 0 Å². The van der Waals surface area contributed by atoms with E-state index in [0.717, 1.165) is 11.8 Å². The van der Waals surface area contributed by atoms with E-state index in [1.54, 1.807) is 0 Å². The summed E-state index contributed by atoms with van der Waals surface area (Å²) < 4.78 is 0. The highest BCUT2D eigenvalue weighted by Crippen LogP contribution is 2.49. The lowest BCUT2D eigenvalue weighted by molar-refractivity contribution is -0.133. The Morgan fingerprint density at radius 3 is 2.52 bits per heavy atom. The quantitative estimate of drug-likeness (QED) is 0.905. The van der Waals surface area contributed by atoms with E-state index in [-0.39, 0.29) is 18.1 Å². The van der Waals surface area contributed by atoms with Gasteiger partial charge in [0.1, 0.15) is 6.17 Å². The molecule has 2 aliphatic carbocycles. The molecule has 1 amide bonds. The summed E-state index contributed by atoms with van der Waals surface area (Å²) >= 11 is 0. The SMILES string of the molecule is Cc1ccc(C2NC(C)C(=O)N2C2CC3CCC2C3)cc1. The van der Waals surface area contributed by atoms with Gasteiger partial charge in [0.2, 0.25) is 5.91 Å². The number of hydrogen-bond donors (Lipinski definition) is 1. The van der Waals surface area contributed by atoms with E-state index in [4.69, 9.17) is 0 Å². The van der Waals surface area contributed by atoms with Gasteiger partial charge in [0.25, 0.3) is 0 Å². The Balaban J connectivity index is 1.65. The first-order valence-electron chi connectivity index (χ1n) is 8.28. The molecule has 1 N–H and O–H groups in total. The number of carbonyl (C=O) groups is 1. The minimum atomic E-state index is -0.0598. The molecule has 3 aliphatic rings. The molecule has 1 aromatic carbocycles. The van der Waals surface area contributed by atoms with Gasteiger partial charge < -0.3 is 4.90 Å². The van der Waals surface area contributed by atoms with E-state index in [9.17, 15) is 4.79 Å². The van der Waals surface area contributed by atoms with Gasteiger partial charge in [-0.25, -0.2) is 0 Å². The lowest BCUT2D eigenvalue weighted by atomic mass is 9.93. The minimum absolute atomic E-state index is 0.0598. The highest BCUT2D eigenvalue weighted by Gasteiger charge is 2.49. The van der Waals surface area contributed by atoms with Gasteiger partial charge in [-0.1, -0.05) is 36.2 Å². The lowest BCUT2D eigenvalue weighted by Gasteiger charge is -2.35. The van der Waals surface area contributed by atoms with Crippen molar-refractivity contribution in [1.82, 2.24) is 10.2 Å². The molecule has 1 saturated heterocycles. The van der Waals surface area contributed by atoms with Crippen LogP contribution in [0.3, 0.4) is 0 Å². The number of hydrogen-bond acceptors (Lipinski definition) is 2. The van der Waals surface area contributed by atoms with Crippen molar-refractivity contribution in [2.75, 3.05) is 0 Å². The molecule has 3 heteroatoms.